The first-order valence-corrected chi connectivity index (χ1v) is 4.52. The second-order valence-electron chi connectivity index (χ2n) is 3.34. The molecule has 0 aromatic carbocycles. The van der Waals surface area contributed by atoms with E-state index in [1.165, 1.54) is 0 Å². The molecule has 0 aliphatic carbocycles. The van der Waals surface area contributed by atoms with E-state index in [0.717, 1.165) is 12.3 Å². The summed E-state index contributed by atoms with van der Waals surface area (Å²) in [5, 5.41) is 10.6. The third-order valence-electron chi connectivity index (χ3n) is 1.66. The average Bonchev–Trinajstić information content (AvgIpc) is 2.15. The van der Waals surface area contributed by atoms with Gasteiger partial charge in [0.15, 0.2) is 0 Å². The van der Waals surface area contributed by atoms with Crippen molar-refractivity contribution >= 4 is 17.5 Å². The smallest absolute Gasteiger partial charge is 0.345 e. The SMILES string of the molecule is CC(C)OC(=O)c1cc(N)ncc1[N+](=O)[O-]. The molecule has 1 aromatic heterocycles. The Bertz CT molecular complexity index is 431. The first-order valence-electron chi connectivity index (χ1n) is 4.52. The molecule has 0 radical (unpaired) electrons. The molecule has 0 aliphatic heterocycles. The van der Waals surface area contributed by atoms with Crippen LogP contribution in [-0.2, 0) is 4.74 Å². The number of rotatable bonds is 3. The van der Waals surface area contributed by atoms with Gasteiger partial charge in [0, 0.05) is 6.07 Å². The van der Waals surface area contributed by atoms with Crippen molar-refractivity contribution in [3.63, 3.8) is 0 Å². The van der Waals surface area contributed by atoms with Crippen molar-refractivity contribution in [3.05, 3.63) is 27.9 Å². The third-order valence-corrected chi connectivity index (χ3v) is 1.66. The number of hydrogen-bond acceptors (Lipinski definition) is 6. The van der Waals surface area contributed by atoms with Crippen molar-refractivity contribution in [1.82, 2.24) is 4.98 Å². The van der Waals surface area contributed by atoms with E-state index in [0.29, 0.717) is 0 Å². The van der Waals surface area contributed by atoms with Crippen LogP contribution >= 0.6 is 0 Å². The molecule has 86 valence electrons. The maximum atomic E-state index is 11.5. The van der Waals surface area contributed by atoms with Gasteiger partial charge in [0.2, 0.25) is 0 Å². The van der Waals surface area contributed by atoms with Gasteiger partial charge in [0.1, 0.15) is 17.6 Å². The Balaban J connectivity index is 3.14. The van der Waals surface area contributed by atoms with Crippen LogP contribution in [0.25, 0.3) is 0 Å². The van der Waals surface area contributed by atoms with Crippen molar-refractivity contribution < 1.29 is 14.5 Å². The van der Waals surface area contributed by atoms with Gasteiger partial charge in [-0.1, -0.05) is 0 Å². The van der Waals surface area contributed by atoms with Crippen LogP contribution in [0.15, 0.2) is 12.3 Å². The number of carbonyl (C=O) groups is 1. The Morgan fingerprint density at radius 1 is 1.62 bits per heavy atom. The van der Waals surface area contributed by atoms with Gasteiger partial charge in [-0.25, -0.2) is 9.78 Å². The number of carbonyl (C=O) groups excluding carboxylic acids is 1. The van der Waals surface area contributed by atoms with Crippen LogP contribution in [0.1, 0.15) is 24.2 Å². The van der Waals surface area contributed by atoms with E-state index >= 15 is 0 Å². The van der Waals surface area contributed by atoms with Gasteiger partial charge < -0.3 is 10.5 Å². The monoisotopic (exact) mass is 225 g/mol. The average molecular weight is 225 g/mol. The zero-order valence-electron chi connectivity index (χ0n) is 8.84. The number of aromatic nitrogens is 1. The molecule has 0 aliphatic rings. The summed E-state index contributed by atoms with van der Waals surface area (Å²) in [6, 6.07) is 1.13. The number of nitrogen functional groups attached to an aromatic ring is 1. The number of anilines is 1. The lowest BCUT2D eigenvalue weighted by atomic mass is 10.2. The summed E-state index contributed by atoms with van der Waals surface area (Å²) in [5.74, 6) is -0.753. The van der Waals surface area contributed by atoms with Gasteiger partial charge in [-0.3, -0.25) is 10.1 Å². The summed E-state index contributed by atoms with van der Waals surface area (Å²) in [4.78, 5) is 25.0. The molecule has 0 spiro atoms. The van der Waals surface area contributed by atoms with Crippen LogP contribution in [-0.4, -0.2) is 22.0 Å². The minimum absolute atomic E-state index is 0.0290. The van der Waals surface area contributed by atoms with Crippen LogP contribution in [0, 0.1) is 10.1 Å². The first kappa shape index (κ1) is 11.9. The quantitative estimate of drug-likeness (QED) is 0.469. The van der Waals surface area contributed by atoms with Crippen LogP contribution < -0.4 is 5.73 Å². The van der Waals surface area contributed by atoms with Gasteiger partial charge in [-0.05, 0) is 13.8 Å². The lowest BCUT2D eigenvalue weighted by molar-refractivity contribution is -0.385. The van der Waals surface area contributed by atoms with Crippen molar-refractivity contribution in [2.75, 3.05) is 5.73 Å². The number of hydrogen-bond donors (Lipinski definition) is 1. The fraction of sp³-hybridized carbons (Fsp3) is 0.333. The molecule has 1 rings (SSSR count). The Morgan fingerprint density at radius 2 is 2.25 bits per heavy atom. The number of pyridine rings is 1. The minimum atomic E-state index is -0.782. The standard InChI is InChI=1S/C9H11N3O4/c1-5(2)16-9(13)6-3-8(10)11-4-7(6)12(14)15/h3-5H,1-2H3,(H2,10,11). The van der Waals surface area contributed by atoms with Crippen LogP contribution in [0.4, 0.5) is 11.5 Å². The van der Waals surface area contributed by atoms with E-state index in [2.05, 4.69) is 4.98 Å². The maximum absolute atomic E-state index is 11.5. The summed E-state index contributed by atoms with van der Waals surface area (Å²) in [7, 11) is 0. The largest absolute Gasteiger partial charge is 0.459 e. The van der Waals surface area contributed by atoms with E-state index in [4.69, 9.17) is 10.5 Å². The van der Waals surface area contributed by atoms with Crippen LogP contribution in [0.2, 0.25) is 0 Å². The molecule has 7 heteroatoms. The zero-order valence-corrected chi connectivity index (χ0v) is 8.84. The Kier molecular flexibility index (Phi) is 3.39. The van der Waals surface area contributed by atoms with Crippen molar-refractivity contribution in [1.29, 1.82) is 0 Å². The zero-order chi connectivity index (χ0) is 12.3. The van der Waals surface area contributed by atoms with Crippen molar-refractivity contribution in [3.8, 4) is 0 Å². The van der Waals surface area contributed by atoms with E-state index in [9.17, 15) is 14.9 Å². The number of nitrogens with two attached hydrogens (primary N) is 1. The summed E-state index contributed by atoms with van der Waals surface area (Å²) in [6.07, 6.45) is 0.577. The van der Waals surface area contributed by atoms with Gasteiger partial charge in [0.05, 0.1) is 11.0 Å². The molecule has 1 heterocycles. The Hall–Kier alpha value is -2.18. The summed E-state index contributed by atoms with van der Waals surface area (Å²) < 4.78 is 4.86. The highest BCUT2D eigenvalue weighted by atomic mass is 16.6. The highest BCUT2D eigenvalue weighted by molar-refractivity contribution is 5.94. The molecule has 7 nitrogen and oxygen atoms in total. The molecule has 1 aromatic rings. The van der Waals surface area contributed by atoms with Gasteiger partial charge in [0.25, 0.3) is 0 Å². The molecule has 0 bridgehead atoms. The molecule has 0 atom stereocenters. The molecule has 0 saturated heterocycles. The second-order valence-corrected chi connectivity index (χ2v) is 3.34. The third kappa shape index (κ3) is 2.66. The highest BCUT2D eigenvalue weighted by Gasteiger charge is 2.23. The minimum Gasteiger partial charge on any atom is -0.459 e. The summed E-state index contributed by atoms with van der Waals surface area (Å²) in [6.45, 7) is 3.29. The van der Waals surface area contributed by atoms with Crippen LogP contribution in [0.3, 0.4) is 0 Å². The van der Waals surface area contributed by atoms with E-state index in [-0.39, 0.29) is 17.5 Å². The lowest BCUT2D eigenvalue weighted by Crippen LogP contribution is -2.14. The van der Waals surface area contributed by atoms with Crippen LogP contribution in [0.5, 0.6) is 0 Å². The van der Waals surface area contributed by atoms with Crippen molar-refractivity contribution in [2.24, 2.45) is 0 Å². The van der Waals surface area contributed by atoms with Gasteiger partial charge in [-0.2, -0.15) is 0 Å². The fourth-order valence-electron chi connectivity index (χ4n) is 1.05. The Morgan fingerprint density at radius 3 is 2.75 bits per heavy atom. The number of nitrogens with zero attached hydrogens (tertiary/aromatic N) is 2. The van der Waals surface area contributed by atoms with Crippen molar-refractivity contribution in [2.45, 2.75) is 20.0 Å². The van der Waals surface area contributed by atoms with Gasteiger partial charge >= 0.3 is 11.7 Å². The highest BCUT2D eigenvalue weighted by Crippen LogP contribution is 2.20. The molecule has 2 N–H and O–H groups in total. The second kappa shape index (κ2) is 4.56. The molecule has 0 saturated carbocycles. The maximum Gasteiger partial charge on any atom is 0.345 e. The summed E-state index contributed by atoms with van der Waals surface area (Å²) >= 11 is 0. The molecule has 0 amide bonds. The molecule has 16 heavy (non-hydrogen) atoms. The topological polar surface area (TPSA) is 108 Å². The summed E-state index contributed by atoms with van der Waals surface area (Å²) in [5.41, 5.74) is 4.75. The number of nitro groups is 1. The van der Waals surface area contributed by atoms with E-state index in [1.54, 1.807) is 13.8 Å². The normalized spacial score (nSPS) is 10.2. The lowest BCUT2D eigenvalue weighted by Gasteiger charge is -2.08. The number of ether oxygens (including phenoxy) is 1. The molecular weight excluding hydrogens is 214 g/mol. The fourth-order valence-corrected chi connectivity index (χ4v) is 1.05. The van der Waals surface area contributed by atoms with E-state index in [1.807, 2.05) is 0 Å². The molecule has 0 fully saturated rings. The predicted octanol–water partition coefficient (Wildman–Crippen LogP) is 1.14. The number of esters is 1. The Labute approximate surface area is 91.4 Å². The molecular formula is C9H11N3O4. The predicted molar refractivity (Wildman–Crippen MR) is 55.9 cm³/mol. The molecule has 0 unspecified atom stereocenters. The van der Waals surface area contributed by atoms with Gasteiger partial charge in [-0.15, -0.1) is 0 Å². The van der Waals surface area contributed by atoms with E-state index < -0.39 is 16.6 Å². The first-order chi connectivity index (χ1) is 7.41.